The highest BCUT2D eigenvalue weighted by Gasteiger charge is 2.15. The summed E-state index contributed by atoms with van der Waals surface area (Å²) >= 11 is 0. The van der Waals surface area contributed by atoms with E-state index in [1.807, 2.05) is 67.5 Å². The Balaban J connectivity index is 1.42. The van der Waals surface area contributed by atoms with Gasteiger partial charge in [0.1, 0.15) is 17.3 Å². The predicted octanol–water partition coefficient (Wildman–Crippen LogP) is 4.73. The van der Waals surface area contributed by atoms with Crippen LogP contribution in [0.3, 0.4) is 0 Å². The number of aliphatic hydroxyl groups is 1. The number of rotatable bonds is 7. The molecule has 0 radical (unpaired) electrons. The van der Waals surface area contributed by atoms with Crippen LogP contribution >= 0.6 is 0 Å². The number of hydrogen-bond acceptors (Lipinski definition) is 7. The number of ether oxygens (including phenoxy) is 1. The van der Waals surface area contributed by atoms with Gasteiger partial charge in [-0.3, -0.25) is 4.68 Å². The molecule has 0 aliphatic rings. The van der Waals surface area contributed by atoms with Crippen molar-refractivity contribution in [2.45, 2.75) is 32.9 Å². The molecule has 5 rings (SSSR count). The van der Waals surface area contributed by atoms with Gasteiger partial charge >= 0.3 is 0 Å². The van der Waals surface area contributed by atoms with Gasteiger partial charge in [0.25, 0.3) is 0 Å². The molecule has 0 saturated carbocycles. The van der Waals surface area contributed by atoms with E-state index in [0.717, 1.165) is 44.8 Å². The molecule has 9 nitrogen and oxygen atoms in total. The first-order chi connectivity index (χ1) is 17.2. The fourth-order valence-corrected chi connectivity index (χ4v) is 4.10. The van der Waals surface area contributed by atoms with Crippen molar-refractivity contribution in [2.75, 3.05) is 12.4 Å². The Hall–Kier alpha value is -4.24. The van der Waals surface area contributed by atoms with Gasteiger partial charge in [0.05, 0.1) is 43.0 Å². The maximum absolute atomic E-state index is 10.1. The molecule has 0 saturated heterocycles. The summed E-state index contributed by atoms with van der Waals surface area (Å²) in [7, 11) is 3.56. The SMILES string of the molecule is COc1nc(-c2cnc(C)n2C)ccc1Nc1cc2cc(-c3cnn(CC(C)(C)O)c3)ccc2cn1. The average molecular weight is 484 g/mol. The first-order valence-corrected chi connectivity index (χ1v) is 11.7. The molecule has 0 fully saturated rings. The van der Waals surface area contributed by atoms with Gasteiger partial charge in [-0.05, 0) is 56.0 Å². The predicted molar refractivity (Wildman–Crippen MR) is 140 cm³/mol. The van der Waals surface area contributed by atoms with E-state index >= 15 is 0 Å². The summed E-state index contributed by atoms with van der Waals surface area (Å²) in [5.74, 6) is 2.07. The quantitative estimate of drug-likeness (QED) is 0.345. The lowest BCUT2D eigenvalue weighted by molar-refractivity contribution is 0.0577. The molecule has 0 amide bonds. The third-order valence-corrected chi connectivity index (χ3v) is 6.04. The Morgan fingerprint density at radius 1 is 1.00 bits per heavy atom. The van der Waals surface area contributed by atoms with Gasteiger partial charge in [0.2, 0.25) is 5.88 Å². The second kappa shape index (κ2) is 9.09. The monoisotopic (exact) mass is 483 g/mol. The van der Waals surface area contributed by atoms with E-state index in [1.165, 1.54) is 0 Å². The van der Waals surface area contributed by atoms with Crippen LogP contribution in [0, 0.1) is 6.92 Å². The van der Waals surface area contributed by atoms with Crippen molar-refractivity contribution in [2.24, 2.45) is 7.05 Å². The molecule has 0 bridgehead atoms. The molecule has 36 heavy (non-hydrogen) atoms. The lowest BCUT2D eigenvalue weighted by Crippen LogP contribution is -2.26. The normalized spacial score (nSPS) is 11.7. The molecule has 4 aromatic heterocycles. The molecule has 0 aliphatic heterocycles. The van der Waals surface area contributed by atoms with Gasteiger partial charge < -0.3 is 19.7 Å². The molecule has 1 aromatic carbocycles. The highest BCUT2D eigenvalue weighted by molar-refractivity contribution is 5.89. The topological polar surface area (TPSA) is 103 Å². The van der Waals surface area contributed by atoms with E-state index in [2.05, 4.69) is 31.4 Å². The molecule has 184 valence electrons. The lowest BCUT2D eigenvalue weighted by Gasteiger charge is -2.16. The highest BCUT2D eigenvalue weighted by Crippen LogP contribution is 2.31. The summed E-state index contributed by atoms with van der Waals surface area (Å²) in [6, 6.07) is 12.1. The van der Waals surface area contributed by atoms with Crippen molar-refractivity contribution in [3.05, 3.63) is 67.0 Å². The number of aryl methyl sites for hydroxylation is 1. The molecule has 0 unspecified atom stereocenters. The van der Waals surface area contributed by atoms with Gasteiger partial charge in [0.15, 0.2) is 0 Å². The van der Waals surface area contributed by atoms with Gasteiger partial charge in [-0.1, -0.05) is 12.1 Å². The van der Waals surface area contributed by atoms with Crippen molar-refractivity contribution >= 4 is 22.3 Å². The second-order valence-corrected chi connectivity index (χ2v) is 9.50. The molecule has 2 N–H and O–H groups in total. The van der Waals surface area contributed by atoms with Gasteiger partial charge in [-0.2, -0.15) is 5.10 Å². The maximum atomic E-state index is 10.1. The second-order valence-electron chi connectivity index (χ2n) is 9.50. The van der Waals surface area contributed by atoms with Crippen LogP contribution in [0.1, 0.15) is 19.7 Å². The molecule has 4 heterocycles. The number of nitrogens with zero attached hydrogens (tertiary/aromatic N) is 6. The van der Waals surface area contributed by atoms with Crippen molar-refractivity contribution in [1.29, 1.82) is 0 Å². The third kappa shape index (κ3) is 4.78. The molecule has 9 heteroatoms. The minimum atomic E-state index is -0.830. The Morgan fingerprint density at radius 3 is 2.56 bits per heavy atom. The molecule has 5 aromatic rings. The number of benzene rings is 1. The van der Waals surface area contributed by atoms with Crippen molar-refractivity contribution in [3.8, 4) is 28.4 Å². The Labute approximate surface area is 209 Å². The van der Waals surface area contributed by atoms with E-state index in [-0.39, 0.29) is 0 Å². The standard InChI is InChI=1S/C27H29N7O2/c1-17-28-14-24(33(17)4)22-8-9-23(26(32-22)36-5)31-25-11-20-10-18(6-7-19(20)12-29-25)21-13-30-34(15-21)16-27(2,3)35/h6-15,35H,16H2,1-5H3,(H,29,31). The zero-order chi connectivity index (χ0) is 25.4. The maximum Gasteiger partial charge on any atom is 0.238 e. The van der Waals surface area contributed by atoms with Crippen LogP contribution in [0.4, 0.5) is 11.5 Å². The summed E-state index contributed by atoms with van der Waals surface area (Å²) in [5.41, 5.74) is 3.61. The number of hydrogen-bond donors (Lipinski definition) is 2. The average Bonchev–Trinajstić information content (AvgIpc) is 3.44. The van der Waals surface area contributed by atoms with Gasteiger partial charge in [0, 0.05) is 30.4 Å². The zero-order valence-corrected chi connectivity index (χ0v) is 21.0. The minimum Gasteiger partial charge on any atom is -0.479 e. The number of imidazole rings is 1. The number of fused-ring (bicyclic) bond motifs is 1. The van der Waals surface area contributed by atoms with Crippen LogP contribution in [-0.4, -0.2) is 47.1 Å². The summed E-state index contributed by atoms with van der Waals surface area (Å²) in [6.45, 7) is 5.91. The van der Waals surface area contributed by atoms with Crippen LogP contribution in [0.5, 0.6) is 5.88 Å². The Kier molecular flexibility index (Phi) is 5.93. The molecular formula is C27H29N7O2. The van der Waals surface area contributed by atoms with Gasteiger partial charge in [-0.25, -0.2) is 15.0 Å². The van der Waals surface area contributed by atoms with Crippen molar-refractivity contribution in [3.63, 3.8) is 0 Å². The zero-order valence-electron chi connectivity index (χ0n) is 21.0. The first kappa shape index (κ1) is 23.5. The fraction of sp³-hybridized carbons (Fsp3) is 0.259. The number of pyridine rings is 2. The van der Waals surface area contributed by atoms with Crippen molar-refractivity contribution in [1.82, 2.24) is 29.3 Å². The van der Waals surface area contributed by atoms with Crippen LogP contribution in [0.25, 0.3) is 33.3 Å². The van der Waals surface area contributed by atoms with E-state index in [0.29, 0.717) is 18.2 Å². The molecule has 0 spiro atoms. The summed E-state index contributed by atoms with van der Waals surface area (Å²) in [4.78, 5) is 13.6. The number of methoxy groups -OCH3 is 1. The van der Waals surface area contributed by atoms with Gasteiger partial charge in [-0.15, -0.1) is 0 Å². The third-order valence-electron chi connectivity index (χ3n) is 6.04. The van der Waals surface area contributed by atoms with Crippen LogP contribution < -0.4 is 10.1 Å². The number of anilines is 2. The summed E-state index contributed by atoms with van der Waals surface area (Å²) < 4.78 is 9.32. The van der Waals surface area contributed by atoms with Crippen molar-refractivity contribution < 1.29 is 9.84 Å². The fourth-order valence-electron chi connectivity index (χ4n) is 4.10. The number of nitrogens with one attached hydrogen (secondary N) is 1. The largest absolute Gasteiger partial charge is 0.479 e. The van der Waals surface area contributed by atoms with Crippen LogP contribution in [0.15, 0.2) is 61.2 Å². The Bertz CT molecular complexity index is 1550. The minimum absolute atomic E-state index is 0.424. The Morgan fingerprint density at radius 2 is 1.83 bits per heavy atom. The smallest absolute Gasteiger partial charge is 0.238 e. The first-order valence-electron chi connectivity index (χ1n) is 11.7. The van der Waals surface area contributed by atoms with E-state index in [9.17, 15) is 5.11 Å². The molecule has 0 atom stereocenters. The molecular weight excluding hydrogens is 454 g/mol. The summed E-state index contributed by atoms with van der Waals surface area (Å²) in [5, 5.41) is 19.9. The van der Waals surface area contributed by atoms with Crippen LogP contribution in [-0.2, 0) is 13.6 Å². The lowest BCUT2D eigenvalue weighted by atomic mass is 10.0. The number of aromatic nitrogens is 6. The van der Waals surface area contributed by atoms with E-state index in [4.69, 9.17) is 4.74 Å². The van der Waals surface area contributed by atoms with Crippen LogP contribution in [0.2, 0.25) is 0 Å². The van der Waals surface area contributed by atoms with E-state index in [1.54, 1.807) is 31.8 Å². The summed E-state index contributed by atoms with van der Waals surface area (Å²) in [6.07, 6.45) is 7.41. The molecule has 0 aliphatic carbocycles. The highest BCUT2D eigenvalue weighted by atomic mass is 16.5. The van der Waals surface area contributed by atoms with E-state index < -0.39 is 5.60 Å².